The Morgan fingerprint density at radius 3 is 2.52 bits per heavy atom. The van der Waals surface area contributed by atoms with Crippen molar-refractivity contribution in [2.75, 3.05) is 26.8 Å². The highest BCUT2D eigenvalue weighted by atomic mass is 19.4. The van der Waals surface area contributed by atoms with Gasteiger partial charge in [-0.25, -0.2) is 4.39 Å². The van der Waals surface area contributed by atoms with Crippen molar-refractivity contribution in [2.45, 2.75) is 31.2 Å². The summed E-state index contributed by atoms with van der Waals surface area (Å²) in [5.74, 6) is -0.144. The predicted octanol–water partition coefficient (Wildman–Crippen LogP) is 4.14. The van der Waals surface area contributed by atoms with E-state index in [-0.39, 0.29) is 23.5 Å². The number of hydrogen-bond acceptors (Lipinski definition) is 3. The maximum Gasteiger partial charge on any atom is 0.573 e. The highest BCUT2D eigenvalue weighted by Gasteiger charge is 2.35. The van der Waals surface area contributed by atoms with E-state index in [4.69, 9.17) is 4.74 Å². The minimum Gasteiger partial charge on any atom is -0.405 e. The van der Waals surface area contributed by atoms with Crippen LogP contribution in [0.2, 0.25) is 0 Å². The Labute approximate surface area is 178 Å². The SMILES string of the molecule is CN=C(NCc1ccccc1OC(F)(F)F)NCC1(c2cccc(F)c2)CCOCC1. The van der Waals surface area contributed by atoms with E-state index in [0.717, 1.165) is 5.56 Å². The van der Waals surface area contributed by atoms with E-state index in [9.17, 15) is 17.6 Å². The summed E-state index contributed by atoms with van der Waals surface area (Å²) in [5, 5.41) is 6.25. The van der Waals surface area contributed by atoms with E-state index in [1.54, 1.807) is 25.2 Å². The first-order valence-corrected chi connectivity index (χ1v) is 9.93. The van der Waals surface area contributed by atoms with Gasteiger partial charge in [0, 0.05) is 44.3 Å². The number of aliphatic imine (C=N–C) groups is 1. The number of hydrogen-bond donors (Lipinski definition) is 2. The number of benzene rings is 2. The number of halogens is 4. The molecule has 5 nitrogen and oxygen atoms in total. The molecule has 0 aromatic heterocycles. The second kappa shape index (κ2) is 10.00. The number of nitrogens with one attached hydrogen (secondary N) is 2. The first kappa shape index (κ1) is 22.9. The van der Waals surface area contributed by atoms with Crippen LogP contribution in [0.4, 0.5) is 17.6 Å². The first-order chi connectivity index (χ1) is 14.8. The molecule has 1 heterocycles. The summed E-state index contributed by atoms with van der Waals surface area (Å²) in [4.78, 5) is 4.16. The van der Waals surface area contributed by atoms with Crippen LogP contribution in [-0.2, 0) is 16.7 Å². The van der Waals surface area contributed by atoms with E-state index in [2.05, 4.69) is 20.4 Å². The number of ether oxygens (including phenoxy) is 2. The van der Waals surface area contributed by atoms with Crippen LogP contribution in [0.25, 0.3) is 0 Å². The molecule has 0 aliphatic carbocycles. The summed E-state index contributed by atoms with van der Waals surface area (Å²) < 4.78 is 61.3. The van der Waals surface area contributed by atoms with Crippen molar-refractivity contribution in [3.05, 3.63) is 65.5 Å². The van der Waals surface area contributed by atoms with E-state index >= 15 is 0 Å². The quantitative estimate of drug-likeness (QED) is 0.404. The summed E-state index contributed by atoms with van der Waals surface area (Å²) in [6, 6.07) is 12.5. The van der Waals surface area contributed by atoms with Gasteiger partial charge in [0.25, 0.3) is 0 Å². The van der Waals surface area contributed by atoms with Gasteiger partial charge in [0.05, 0.1) is 0 Å². The standard InChI is InChI=1S/C22H25F4N3O2/c1-27-20(28-14-16-5-2-3-8-19(16)31-22(24,25)26)29-15-21(9-11-30-12-10-21)17-6-4-7-18(23)13-17/h2-8,13H,9-12,14-15H2,1H3,(H2,27,28,29). The van der Waals surface area contributed by atoms with Gasteiger partial charge in [-0.1, -0.05) is 30.3 Å². The number of nitrogens with zero attached hydrogens (tertiary/aromatic N) is 1. The van der Waals surface area contributed by atoms with Crippen LogP contribution in [-0.4, -0.2) is 39.1 Å². The molecule has 31 heavy (non-hydrogen) atoms. The molecule has 168 valence electrons. The van der Waals surface area contributed by atoms with Gasteiger partial charge in [-0.2, -0.15) is 0 Å². The minimum atomic E-state index is -4.77. The fourth-order valence-electron chi connectivity index (χ4n) is 3.67. The molecule has 9 heteroatoms. The Morgan fingerprint density at radius 1 is 1.10 bits per heavy atom. The van der Waals surface area contributed by atoms with Crippen molar-refractivity contribution in [3.63, 3.8) is 0 Å². The van der Waals surface area contributed by atoms with Gasteiger partial charge in [-0.05, 0) is 36.6 Å². The van der Waals surface area contributed by atoms with Crippen LogP contribution in [0.3, 0.4) is 0 Å². The largest absolute Gasteiger partial charge is 0.573 e. The summed E-state index contributed by atoms with van der Waals surface area (Å²) in [7, 11) is 1.58. The van der Waals surface area contributed by atoms with Crippen molar-refractivity contribution >= 4 is 5.96 Å². The fraction of sp³-hybridized carbons (Fsp3) is 0.409. The molecule has 1 fully saturated rings. The normalized spacial score (nSPS) is 16.6. The Bertz CT molecular complexity index is 896. The molecule has 0 spiro atoms. The molecule has 1 aliphatic heterocycles. The van der Waals surface area contributed by atoms with Gasteiger partial charge in [0.2, 0.25) is 0 Å². The van der Waals surface area contributed by atoms with Crippen molar-refractivity contribution in [2.24, 2.45) is 4.99 Å². The summed E-state index contributed by atoms with van der Waals surface area (Å²) >= 11 is 0. The molecule has 0 radical (unpaired) electrons. The average molecular weight is 439 g/mol. The van der Waals surface area contributed by atoms with Gasteiger partial charge < -0.3 is 20.1 Å². The second-order valence-corrected chi connectivity index (χ2v) is 7.34. The number of rotatable bonds is 6. The Balaban J connectivity index is 1.67. The average Bonchev–Trinajstić information content (AvgIpc) is 2.74. The van der Waals surface area contributed by atoms with Crippen molar-refractivity contribution in [1.29, 1.82) is 0 Å². The van der Waals surface area contributed by atoms with Gasteiger partial charge in [-0.15, -0.1) is 13.2 Å². The molecular weight excluding hydrogens is 414 g/mol. The van der Waals surface area contributed by atoms with Crippen LogP contribution >= 0.6 is 0 Å². The molecule has 3 rings (SSSR count). The van der Waals surface area contributed by atoms with E-state index in [1.165, 1.54) is 24.3 Å². The van der Waals surface area contributed by atoms with Crippen LogP contribution in [0.1, 0.15) is 24.0 Å². The van der Waals surface area contributed by atoms with Crippen molar-refractivity contribution in [3.8, 4) is 5.75 Å². The molecule has 1 aliphatic rings. The zero-order chi connectivity index (χ0) is 22.3. The Kier molecular flexibility index (Phi) is 7.37. The molecule has 0 bridgehead atoms. The zero-order valence-electron chi connectivity index (χ0n) is 17.1. The zero-order valence-corrected chi connectivity index (χ0v) is 17.1. The molecule has 1 saturated heterocycles. The fourth-order valence-corrected chi connectivity index (χ4v) is 3.67. The third-order valence-electron chi connectivity index (χ3n) is 5.35. The molecule has 0 atom stereocenters. The highest BCUT2D eigenvalue weighted by Crippen LogP contribution is 2.34. The van der Waals surface area contributed by atoms with E-state index in [1.807, 2.05) is 6.07 Å². The van der Waals surface area contributed by atoms with Crippen LogP contribution in [0.15, 0.2) is 53.5 Å². The maximum absolute atomic E-state index is 13.8. The van der Waals surface area contributed by atoms with Crippen LogP contribution in [0, 0.1) is 5.82 Å². The first-order valence-electron chi connectivity index (χ1n) is 9.93. The van der Waals surface area contributed by atoms with Gasteiger partial charge in [0.1, 0.15) is 11.6 Å². The third kappa shape index (κ3) is 6.33. The number of guanidine groups is 1. The lowest BCUT2D eigenvalue weighted by Crippen LogP contribution is -2.48. The predicted molar refractivity (Wildman–Crippen MR) is 109 cm³/mol. The van der Waals surface area contributed by atoms with Crippen molar-refractivity contribution in [1.82, 2.24) is 10.6 Å². The highest BCUT2D eigenvalue weighted by molar-refractivity contribution is 5.79. The molecule has 0 amide bonds. The van der Waals surface area contributed by atoms with Gasteiger partial charge in [-0.3, -0.25) is 4.99 Å². The Hall–Kier alpha value is -2.81. The second-order valence-electron chi connectivity index (χ2n) is 7.34. The minimum absolute atomic E-state index is 0.0853. The summed E-state index contributed by atoms with van der Waals surface area (Å²) in [6.45, 7) is 1.68. The van der Waals surface area contributed by atoms with Crippen LogP contribution in [0.5, 0.6) is 5.75 Å². The lowest BCUT2D eigenvalue weighted by molar-refractivity contribution is -0.274. The smallest absolute Gasteiger partial charge is 0.405 e. The van der Waals surface area contributed by atoms with E-state index in [0.29, 0.717) is 44.1 Å². The molecule has 0 saturated carbocycles. The maximum atomic E-state index is 13.8. The number of para-hydroxylation sites is 1. The summed E-state index contributed by atoms with van der Waals surface area (Å²) in [5.41, 5.74) is 0.881. The molecule has 2 N–H and O–H groups in total. The van der Waals surface area contributed by atoms with Gasteiger partial charge in [0.15, 0.2) is 5.96 Å². The molecule has 2 aromatic carbocycles. The molecule has 2 aromatic rings. The summed E-state index contributed by atoms with van der Waals surface area (Å²) in [6.07, 6.45) is -3.35. The van der Waals surface area contributed by atoms with Gasteiger partial charge >= 0.3 is 6.36 Å². The van der Waals surface area contributed by atoms with E-state index < -0.39 is 6.36 Å². The number of alkyl halides is 3. The lowest BCUT2D eigenvalue weighted by Gasteiger charge is -2.38. The van der Waals surface area contributed by atoms with Crippen molar-refractivity contribution < 1.29 is 27.0 Å². The molecular formula is C22H25F4N3O2. The Morgan fingerprint density at radius 2 is 1.84 bits per heavy atom. The molecule has 0 unspecified atom stereocenters. The monoisotopic (exact) mass is 439 g/mol. The third-order valence-corrected chi connectivity index (χ3v) is 5.35. The topological polar surface area (TPSA) is 54.9 Å². The van der Waals surface area contributed by atoms with Crippen LogP contribution < -0.4 is 15.4 Å². The lowest BCUT2D eigenvalue weighted by atomic mass is 9.74.